The second kappa shape index (κ2) is 6.68. The highest BCUT2D eigenvalue weighted by atomic mass is 35.7. The minimum absolute atomic E-state index is 0.0625. The van der Waals surface area contributed by atoms with Crippen molar-refractivity contribution in [3.63, 3.8) is 0 Å². The predicted octanol–water partition coefficient (Wildman–Crippen LogP) is 0.533. The van der Waals surface area contributed by atoms with Crippen molar-refractivity contribution in [2.75, 3.05) is 12.8 Å². The summed E-state index contributed by atoms with van der Waals surface area (Å²) in [5, 5.41) is 8.54. The van der Waals surface area contributed by atoms with Gasteiger partial charge in [0.15, 0.2) is 5.69 Å². The minimum Gasteiger partial charge on any atom is -0.351 e. The highest BCUT2D eigenvalue weighted by Gasteiger charge is 2.26. The van der Waals surface area contributed by atoms with E-state index in [9.17, 15) is 17.4 Å². The summed E-state index contributed by atoms with van der Waals surface area (Å²) in [6, 6.07) is 0. The van der Waals surface area contributed by atoms with E-state index in [1.54, 1.807) is 13.2 Å². The van der Waals surface area contributed by atoms with Gasteiger partial charge in [-0.05, 0) is 13.3 Å². The summed E-state index contributed by atoms with van der Waals surface area (Å²) in [6.07, 6.45) is 2.10. The molecule has 0 aromatic carbocycles. The lowest BCUT2D eigenvalue weighted by molar-refractivity contribution is 0.0945. The minimum atomic E-state index is -4.05. The van der Waals surface area contributed by atoms with Crippen molar-refractivity contribution in [3.8, 4) is 0 Å². The van der Waals surface area contributed by atoms with Crippen LogP contribution in [0.5, 0.6) is 0 Å². The summed E-state index contributed by atoms with van der Waals surface area (Å²) in [7, 11) is 0.247. The molecule has 1 amide bonds. The molecule has 2 atom stereocenters. The zero-order valence-electron chi connectivity index (χ0n) is 11.3. The number of carbonyl (C=O) groups excluding carboxylic acids is 1. The molecule has 0 aliphatic carbocycles. The van der Waals surface area contributed by atoms with E-state index < -0.39 is 25.8 Å². The van der Waals surface area contributed by atoms with Crippen LogP contribution in [0.1, 0.15) is 29.5 Å². The molecule has 0 aliphatic heterocycles. The molecule has 7 nitrogen and oxygen atoms in total. The third-order valence-electron chi connectivity index (χ3n) is 2.75. The molecule has 1 heterocycles. The summed E-state index contributed by atoms with van der Waals surface area (Å²) in [5.41, 5.74) is -0.0593. The van der Waals surface area contributed by atoms with Crippen LogP contribution in [0, 0.1) is 6.92 Å². The number of hydrogen-bond donors (Lipinski definition) is 2. The van der Waals surface area contributed by atoms with Gasteiger partial charge in [-0.25, -0.2) is 8.42 Å². The van der Waals surface area contributed by atoms with Gasteiger partial charge in [0.05, 0.1) is 5.69 Å². The van der Waals surface area contributed by atoms with E-state index in [0.717, 1.165) is 0 Å². The van der Waals surface area contributed by atoms with E-state index in [-0.39, 0.29) is 28.1 Å². The molecule has 2 unspecified atom stereocenters. The average Bonchev–Trinajstić information content (AvgIpc) is 2.70. The molecule has 1 aromatic heterocycles. The first-order chi connectivity index (χ1) is 9.14. The van der Waals surface area contributed by atoms with Crippen molar-refractivity contribution in [2.24, 2.45) is 0 Å². The number of aryl methyl sites for hydroxylation is 1. The smallest absolute Gasteiger partial charge is 0.273 e. The average molecular weight is 342 g/mol. The number of carbonyl (C=O) groups is 1. The largest absolute Gasteiger partial charge is 0.351 e. The van der Waals surface area contributed by atoms with E-state index in [0.29, 0.717) is 6.42 Å². The Bertz CT molecular complexity index is 626. The molecule has 0 saturated carbocycles. The number of H-pyrrole nitrogens is 1. The van der Waals surface area contributed by atoms with Crippen molar-refractivity contribution in [2.45, 2.75) is 30.4 Å². The normalized spacial score (nSPS) is 14.8. The Morgan fingerprint density at radius 3 is 2.65 bits per heavy atom. The van der Waals surface area contributed by atoms with Crippen LogP contribution in [0.3, 0.4) is 0 Å². The van der Waals surface area contributed by atoms with Crippen LogP contribution in [0.2, 0.25) is 0 Å². The van der Waals surface area contributed by atoms with Gasteiger partial charge in [0.2, 0.25) is 0 Å². The van der Waals surface area contributed by atoms with Crippen LogP contribution in [-0.4, -0.2) is 46.8 Å². The van der Waals surface area contributed by atoms with Crippen LogP contribution < -0.4 is 5.32 Å². The van der Waals surface area contributed by atoms with Gasteiger partial charge in [0.1, 0.15) is 4.90 Å². The molecule has 20 heavy (non-hydrogen) atoms. The molecule has 1 aromatic rings. The fraction of sp³-hybridized carbons (Fsp3) is 0.600. The van der Waals surface area contributed by atoms with Crippen LogP contribution >= 0.6 is 10.7 Å². The molecule has 0 fully saturated rings. The van der Waals surface area contributed by atoms with Crippen molar-refractivity contribution >= 4 is 36.4 Å². The molecule has 1 rings (SSSR count). The second-order valence-electron chi connectivity index (χ2n) is 4.32. The first kappa shape index (κ1) is 17.1. The molecule has 2 N–H and O–H groups in total. The predicted molar refractivity (Wildman–Crippen MR) is 76.8 cm³/mol. The molecule has 0 spiro atoms. The van der Waals surface area contributed by atoms with Gasteiger partial charge in [0, 0.05) is 39.5 Å². The number of aromatic nitrogens is 2. The number of nitrogens with one attached hydrogen (secondary N) is 2. The molecule has 0 saturated heterocycles. The number of halogens is 1. The van der Waals surface area contributed by atoms with Gasteiger partial charge >= 0.3 is 0 Å². The molecular formula is C10H16ClN3O4S2. The number of nitrogens with zero attached hydrogens (tertiary/aromatic N) is 1. The summed E-state index contributed by atoms with van der Waals surface area (Å²) in [4.78, 5) is 11.6. The summed E-state index contributed by atoms with van der Waals surface area (Å²) >= 11 is 0. The Morgan fingerprint density at radius 1 is 1.55 bits per heavy atom. The third-order valence-corrected chi connectivity index (χ3v) is 5.57. The van der Waals surface area contributed by atoms with Crippen LogP contribution in [0.4, 0.5) is 0 Å². The van der Waals surface area contributed by atoms with Crippen LogP contribution in [0.25, 0.3) is 0 Å². The fourth-order valence-corrected chi connectivity index (χ4v) is 3.31. The zero-order valence-corrected chi connectivity index (χ0v) is 13.7. The molecule has 114 valence electrons. The van der Waals surface area contributed by atoms with E-state index in [1.807, 2.05) is 0 Å². The molecule has 0 aliphatic rings. The summed E-state index contributed by atoms with van der Waals surface area (Å²) in [6.45, 7) is 3.53. The lowest BCUT2D eigenvalue weighted by atomic mass is 10.3. The highest BCUT2D eigenvalue weighted by molar-refractivity contribution is 8.13. The maximum absolute atomic E-state index is 11.9. The van der Waals surface area contributed by atoms with Gasteiger partial charge in [-0.1, -0.05) is 6.92 Å². The van der Waals surface area contributed by atoms with Crippen LogP contribution in [0.15, 0.2) is 4.90 Å². The van der Waals surface area contributed by atoms with Crippen molar-refractivity contribution in [3.05, 3.63) is 11.4 Å². The van der Waals surface area contributed by atoms with Crippen molar-refractivity contribution in [1.29, 1.82) is 0 Å². The first-order valence-electron chi connectivity index (χ1n) is 5.74. The first-order valence-corrected chi connectivity index (χ1v) is 9.67. The highest BCUT2D eigenvalue weighted by Crippen LogP contribution is 2.21. The lowest BCUT2D eigenvalue weighted by Gasteiger charge is -2.08. The zero-order chi connectivity index (χ0) is 15.5. The lowest BCUT2D eigenvalue weighted by Crippen LogP contribution is -2.28. The number of hydrogen-bond acceptors (Lipinski definition) is 5. The number of rotatable bonds is 6. The molecule has 10 heteroatoms. The monoisotopic (exact) mass is 341 g/mol. The maximum atomic E-state index is 11.9. The maximum Gasteiger partial charge on any atom is 0.273 e. The van der Waals surface area contributed by atoms with Gasteiger partial charge in [-0.15, -0.1) is 0 Å². The molecule has 0 bridgehead atoms. The SMILES string of the molecule is Cc1[nH]nc(C(=O)NCCC(C)S(C)=O)c1S(=O)(=O)Cl. The van der Waals surface area contributed by atoms with Gasteiger partial charge in [0.25, 0.3) is 15.0 Å². The van der Waals surface area contributed by atoms with E-state index >= 15 is 0 Å². The molecular weight excluding hydrogens is 326 g/mol. The summed E-state index contributed by atoms with van der Waals surface area (Å²) in [5.74, 6) is -0.636. The van der Waals surface area contributed by atoms with E-state index in [1.165, 1.54) is 6.92 Å². The second-order valence-corrected chi connectivity index (χ2v) is 8.62. The Balaban J connectivity index is 2.78. The van der Waals surface area contributed by atoms with Gasteiger partial charge in [-0.2, -0.15) is 5.10 Å². The Labute approximate surface area is 124 Å². The summed E-state index contributed by atoms with van der Waals surface area (Å²) < 4.78 is 34.0. The number of aromatic amines is 1. The Morgan fingerprint density at radius 2 is 2.15 bits per heavy atom. The van der Waals surface area contributed by atoms with Gasteiger partial charge < -0.3 is 5.32 Å². The van der Waals surface area contributed by atoms with Gasteiger partial charge in [-0.3, -0.25) is 14.1 Å². The van der Waals surface area contributed by atoms with E-state index in [4.69, 9.17) is 10.7 Å². The topological polar surface area (TPSA) is 109 Å². The van der Waals surface area contributed by atoms with Crippen molar-refractivity contribution in [1.82, 2.24) is 15.5 Å². The fourth-order valence-electron chi connectivity index (χ4n) is 1.51. The third kappa shape index (κ3) is 4.29. The van der Waals surface area contributed by atoms with E-state index in [2.05, 4.69) is 15.5 Å². The molecule has 0 radical (unpaired) electrons. The number of amides is 1. The quantitative estimate of drug-likeness (QED) is 0.734. The standard InChI is InChI=1S/C10H16ClN3O4S2/c1-6(19(3)16)4-5-12-10(15)8-9(20(11,17)18)7(2)13-14-8/h6H,4-5H2,1-3H3,(H,12,15)(H,13,14). The Hall–Kier alpha value is -0.930. The Kier molecular flexibility index (Phi) is 5.72. The van der Waals surface area contributed by atoms with Crippen LogP contribution in [-0.2, 0) is 19.9 Å². The van der Waals surface area contributed by atoms with Crippen molar-refractivity contribution < 1.29 is 17.4 Å².